The first kappa shape index (κ1) is 20.4. The molecular weight excluding hydrogens is 414 g/mol. The number of aromatic nitrogens is 1. The van der Waals surface area contributed by atoms with Gasteiger partial charge in [-0.05, 0) is 73.6 Å². The van der Waals surface area contributed by atoms with Crippen molar-refractivity contribution in [1.29, 1.82) is 0 Å². The van der Waals surface area contributed by atoms with E-state index in [0.29, 0.717) is 28.5 Å². The highest BCUT2D eigenvalue weighted by Gasteiger charge is 2.15. The number of aryl methyl sites for hydroxylation is 2. The molecule has 156 valence electrons. The quantitative estimate of drug-likeness (QED) is 0.310. The van der Waals surface area contributed by atoms with Gasteiger partial charge in [0.15, 0.2) is 10.7 Å². The van der Waals surface area contributed by atoms with Gasteiger partial charge in [0, 0.05) is 17.8 Å². The van der Waals surface area contributed by atoms with Crippen LogP contribution >= 0.6 is 12.2 Å². The van der Waals surface area contributed by atoms with Crippen LogP contribution in [0.2, 0.25) is 0 Å². The molecule has 1 amide bonds. The van der Waals surface area contributed by atoms with Crippen LogP contribution < -0.4 is 10.6 Å². The molecule has 0 spiro atoms. The summed E-state index contributed by atoms with van der Waals surface area (Å²) in [5.74, 6) is 0.440. The maximum Gasteiger partial charge on any atom is 0.250 e. The van der Waals surface area contributed by atoms with Crippen LogP contribution in [0.5, 0.6) is 5.75 Å². The fourth-order valence-corrected chi connectivity index (χ4v) is 3.36. The smallest absolute Gasteiger partial charge is 0.250 e. The molecule has 0 radical (unpaired) electrons. The van der Waals surface area contributed by atoms with Gasteiger partial charge in [-0.25, -0.2) is 4.98 Å². The van der Waals surface area contributed by atoms with Crippen LogP contribution in [-0.2, 0) is 4.79 Å². The molecule has 0 aliphatic rings. The number of phenolic OH excluding ortho intramolecular Hbond substituents is 1. The summed E-state index contributed by atoms with van der Waals surface area (Å²) in [5.41, 5.74) is 4.45. The number of amides is 1. The van der Waals surface area contributed by atoms with E-state index in [1.54, 1.807) is 24.3 Å². The number of furan rings is 1. The first-order valence-electron chi connectivity index (χ1n) is 9.44. The molecule has 4 rings (SSSR count). The van der Waals surface area contributed by atoms with Crippen molar-refractivity contribution >= 4 is 46.1 Å². The number of nitrogens with one attached hydrogen (secondary N) is 2. The molecule has 0 aliphatic carbocycles. The van der Waals surface area contributed by atoms with Crippen molar-refractivity contribution in [2.24, 2.45) is 0 Å². The summed E-state index contributed by atoms with van der Waals surface area (Å²) >= 11 is 5.15. The summed E-state index contributed by atoms with van der Waals surface area (Å²) in [5, 5.41) is 16.0. The topological polar surface area (TPSA) is 101 Å². The Kier molecular flexibility index (Phi) is 5.55. The number of aromatic hydroxyl groups is 1. The van der Waals surface area contributed by atoms with Crippen LogP contribution in [0.15, 0.2) is 63.6 Å². The van der Waals surface area contributed by atoms with Crippen LogP contribution in [0, 0.1) is 13.8 Å². The minimum Gasteiger partial charge on any atom is -0.507 e. The second kappa shape index (κ2) is 8.45. The Morgan fingerprint density at radius 1 is 1.19 bits per heavy atom. The van der Waals surface area contributed by atoms with Crippen LogP contribution in [0.4, 0.5) is 5.69 Å². The van der Waals surface area contributed by atoms with E-state index in [4.69, 9.17) is 21.1 Å². The van der Waals surface area contributed by atoms with Gasteiger partial charge in [0.05, 0.1) is 11.8 Å². The lowest BCUT2D eigenvalue weighted by molar-refractivity contribution is -0.115. The molecule has 0 saturated carbocycles. The second-order valence-electron chi connectivity index (χ2n) is 6.97. The molecule has 0 aliphatic heterocycles. The normalized spacial score (nSPS) is 11.2. The van der Waals surface area contributed by atoms with E-state index < -0.39 is 5.91 Å². The van der Waals surface area contributed by atoms with Crippen LogP contribution in [-0.4, -0.2) is 21.1 Å². The summed E-state index contributed by atoms with van der Waals surface area (Å²) in [7, 11) is 0. The third-order valence-corrected chi connectivity index (χ3v) is 4.69. The monoisotopic (exact) mass is 433 g/mol. The number of anilines is 1. The lowest BCUT2D eigenvalue weighted by Gasteiger charge is -2.09. The fraction of sp³-hybridized carbons (Fsp3) is 0.0870. The number of thiocarbonyl (C=S) groups is 1. The Balaban J connectivity index is 1.45. The highest BCUT2D eigenvalue weighted by atomic mass is 32.1. The molecule has 0 fully saturated rings. The maximum atomic E-state index is 11.9. The van der Waals surface area contributed by atoms with Crippen molar-refractivity contribution in [3.05, 3.63) is 71.7 Å². The van der Waals surface area contributed by atoms with Crippen molar-refractivity contribution in [2.75, 3.05) is 5.32 Å². The molecule has 2 aromatic heterocycles. The SMILES string of the molecule is Cc1cc(C)c2oc(-c3ccc(NC(=S)NC(=O)/C=C/c4ccco4)cc3O)nc2c1. The number of hydrogen-bond donors (Lipinski definition) is 3. The zero-order valence-electron chi connectivity index (χ0n) is 16.8. The van der Waals surface area contributed by atoms with Gasteiger partial charge in [-0.3, -0.25) is 10.1 Å². The minimum absolute atomic E-state index is 0.0298. The highest BCUT2D eigenvalue weighted by molar-refractivity contribution is 7.80. The molecule has 8 heteroatoms. The molecule has 7 nitrogen and oxygen atoms in total. The van der Waals surface area contributed by atoms with Crippen molar-refractivity contribution in [3.63, 3.8) is 0 Å². The molecule has 0 saturated heterocycles. The molecular formula is C23H19N3O4S. The van der Waals surface area contributed by atoms with E-state index >= 15 is 0 Å². The van der Waals surface area contributed by atoms with Gasteiger partial charge in [0.25, 0.3) is 0 Å². The standard InChI is InChI=1S/C23H19N3O4S/c1-13-10-14(2)21-18(11-13)25-22(30-21)17-7-5-15(12-19(17)27)24-23(31)26-20(28)8-6-16-4-3-9-29-16/h3-12,27H,1-2H3,(H2,24,26,28,31)/b8-6+. The average Bonchev–Trinajstić information content (AvgIpc) is 3.36. The first-order chi connectivity index (χ1) is 14.9. The lowest BCUT2D eigenvalue weighted by atomic mass is 10.1. The predicted octanol–water partition coefficient (Wildman–Crippen LogP) is 4.94. The van der Waals surface area contributed by atoms with Crippen molar-refractivity contribution < 1.29 is 18.7 Å². The third kappa shape index (κ3) is 4.65. The zero-order chi connectivity index (χ0) is 22.0. The number of hydrogen-bond acceptors (Lipinski definition) is 6. The van der Waals surface area contributed by atoms with Gasteiger partial charge in [0.1, 0.15) is 17.0 Å². The van der Waals surface area contributed by atoms with Crippen LogP contribution in [0.25, 0.3) is 28.6 Å². The number of nitrogens with zero attached hydrogens (tertiary/aromatic N) is 1. The summed E-state index contributed by atoms with van der Waals surface area (Å²) in [6, 6.07) is 12.3. The van der Waals surface area contributed by atoms with Gasteiger partial charge in [-0.2, -0.15) is 0 Å². The Labute approximate surface area is 183 Å². The Morgan fingerprint density at radius 2 is 2.03 bits per heavy atom. The Bertz CT molecular complexity index is 1310. The summed E-state index contributed by atoms with van der Waals surface area (Å²) in [4.78, 5) is 16.4. The molecule has 2 heterocycles. The van der Waals surface area contributed by atoms with Crippen molar-refractivity contribution in [3.8, 4) is 17.2 Å². The average molecular weight is 433 g/mol. The summed E-state index contributed by atoms with van der Waals surface area (Å²) in [6.07, 6.45) is 4.36. The van der Waals surface area contributed by atoms with E-state index in [1.165, 1.54) is 24.5 Å². The Hall–Kier alpha value is -3.91. The molecule has 31 heavy (non-hydrogen) atoms. The maximum absolute atomic E-state index is 11.9. The number of fused-ring (bicyclic) bond motifs is 1. The molecule has 0 unspecified atom stereocenters. The van der Waals surface area contributed by atoms with E-state index in [-0.39, 0.29) is 10.9 Å². The molecule has 0 bridgehead atoms. The number of carbonyl (C=O) groups excluding carboxylic acids is 1. The molecule has 4 aromatic rings. The van der Waals surface area contributed by atoms with E-state index in [1.807, 2.05) is 26.0 Å². The highest BCUT2D eigenvalue weighted by Crippen LogP contribution is 2.34. The van der Waals surface area contributed by atoms with Crippen molar-refractivity contribution in [1.82, 2.24) is 10.3 Å². The van der Waals surface area contributed by atoms with Crippen LogP contribution in [0.1, 0.15) is 16.9 Å². The molecule has 3 N–H and O–H groups in total. The summed E-state index contributed by atoms with van der Waals surface area (Å²) < 4.78 is 11.0. The summed E-state index contributed by atoms with van der Waals surface area (Å²) in [6.45, 7) is 3.95. The number of benzene rings is 2. The van der Waals surface area contributed by atoms with Crippen LogP contribution in [0.3, 0.4) is 0 Å². The first-order valence-corrected chi connectivity index (χ1v) is 9.84. The van der Waals surface area contributed by atoms with Gasteiger partial charge in [-0.1, -0.05) is 6.07 Å². The molecule has 2 aromatic carbocycles. The van der Waals surface area contributed by atoms with Crippen molar-refractivity contribution in [2.45, 2.75) is 13.8 Å². The number of rotatable bonds is 4. The van der Waals surface area contributed by atoms with Gasteiger partial charge in [-0.15, -0.1) is 0 Å². The Morgan fingerprint density at radius 3 is 2.77 bits per heavy atom. The minimum atomic E-state index is -0.410. The van der Waals surface area contributed by atoms with E-state index in [9.17, 15) is 9.90 Å². The number of phenols is 1. The fourth-order valence-electron chi connectivity index (χ4n) is 3.14. The molecule has 0 atom stereocenters. The number of oxazole rings is 1. The largest absolute Gasteiger partial charge is 0.507 e. The lowest BCUT2D eigenvalue weighted by Crippen LogP contribution is -2.32. The van der Waals surface area contributed by atoms with Gasteiger partial charge < -0.3 is 19.3 Å². The zero-order valence-corrected chi connectivity index (χ0v) is 17.6. The predicted molar refractivity (Wildman–Crippen MR) is 123 cm³/mol. The second-order valence-corrected chi connectivity index (χ2v) is 7.38. The van der Waals surface area contributed by atoms with E-state index in [0.717, 1.165) is 16.6 Å². The van der Waals surface area contributed by atoms with Gasteiger partial charge in [0.2, 0.25) is 11.8 Å². The van der Waals surface area contributed by atoms with E-state index in [2.05, 4.69) is 15.6 Å². The number of carbonyl (C=O) groups is 1. The third-order valence-electron chi connectivity index (χ3n) is 4.48. The van der Waals surface area contributed by atoms with Gasteiger partial charge >= 0.3 is 0 Å².